The van der Waals surface area contributed by atoms with Gasteiger partial charge in [-0.1, -0.05) is 53.5 Å². The number of hydrogen-bond donors (Lipinski definition) is 0. The van der Waals surface area contributed by atoms with Crippen LogP contribution in [0.15, 0.2) is 66.7 Å². The van der Waals surface area contributed by atoms with Gasteiger partial charge in [0.25, 0.3) is 0 Å². The Kier molecular flexibility index (Phi) is 6.34. The summed E-state index contributed by atoms with van der Waals surface area (Å²) in [4.78, 5) is 24.6. The molecular formula is C22H16Cl2O4. The van der Waals surface area contributed by atoms with E-state index in [1.807, 2.05) is 18.2 Å². The zero-order chi connectivity index (χ0) is 20.1. The van der Waals surface area contributed by atoms with Crippen LogP contribution in [0.3, 0.4) is 0 Å². The number of esters is 1. The van der Waals surface area contributed by atoms with E-state index in [9.17, 15) is 9.59 Å². The van der Waals surface area contributed by atoms with Gasteiger partial charge in [-0.05, 0) is 42.8 Å². The maximum Gasteiger partial charge on any atom is 0.349 e. The predicted octanol–water partition coefficient (Wildman–Crippen LogP) is 5.52. The molecule has 3 rings (SSSR count). The van der Waals surface area contributed by atoms with Gasteiger partial charge in [-0.2, -0.15) is 0 Å². The lowest BCUT2D eigenvalue weighted by Crippen LogP contribution is -2.18. The first kappa shape index (κ1) is 19.9. The SMILES string of the molecule is Cc1cc(C(=O)c2ccccc2)ccc1OC(=O)COc1cc(Cl)ccc1Cl. The lowest BCUT2D eigenvalue weighted by atomic mass is 10.0. The van der Waals surface area contributed by atoms with Crippen LogP contribution in [0.1, 0.15) is 21.5 Å². The van der Waals surface area contributed by atoms with E-state index in [2.05, 4.69) is 0 Å². The van der Waals surface area contributed by atoms with Gasteiger partial charge < -0.3 is 9.47 Å². The minimum atomic E-state index is -0.596. The average Bonchev–Trinajstić information content (AvgIpc) is 2.70. The lowest BCUT2D eigenvalue weighted by molar-refractivity contribution is -0.136. The van der Waals surface area contributed by atoms with Crippen LogP contribution in [-0.2, 0) is 4.79 Å². The fourth-order valence-corrected chi connectivity index (χ4v) is 2.87. The Labute approximate surface area is 172 Å². The number of aryl methyl sites for hydroxylation is 1. The lowest BCUT2D eigenvalue weighted by Gasteiger charge is -2.11. The van der Waals surface area contributed by atoms with Crippen LogP contribution in [0.5, 0.6) is 11.5 Å². The molecule has 0 atom stereocenters. The van der Waals surface area contributed by atoms with E-state index < -0.39 is 5.97 Å². The number of benzene rings is 3. The summed E-state index contributed by atoms with van der Waals surface area (Å²) in [7, 11) is 0. The molecule has 0 fully saturated rings. The van der Waals surface area contributed by atoms with Gasteiger partial charge in [0.2, 0.25) is 0 Å². The summed E-state index contributed by atoms with van der Waals surface area (Å²) in [6.07, 6.45) is 0. The van der Waals surface area contributed by atoms with E-state index in [0.717, 1.165) is 0 Å². The van der Waals surface area contributed by atoms with Crippen molar-refractivity contribution in [1.29, 1.82) is 0 Å². The molecule has 3 aromatic rings. The minimum absolute atomic E-state index is 0.0968. The van der Waals surface area contributed by atoms with E-state index in [1.54, 1.807) is 49.4 Å². The molecule has 4 nitrogen and oxygen atoms in total. The molecule has 0 heterocycles. The minimum Gasteiger partial charge on any atom is -0.480 e. The zero-order valence-electron chi connectivity index (χ0n) is 14.9. The first-order chi connectivity index (χ1) is 13.4. The Morgan fingerprint density at radius 1 is 0.857 bits per heavy atom. The van der Waals surface area contributed by atoms with Crippen LogP contribution < -0.4 is 9.47 Å². The smallest absolute Gasteiger partial charge is 0.349 e. The maximum atomic E-state index is 12.5. The molecular weight excluding hydrogens is 399 g/mol. The summed E-state index contributed by atoms with van der Waals surface area (Å²) in [5, 5.41) is 0.791. The van der Waals surface area contributed by atoms with E-state index >= 15 is 0 Å². The van der Waals surface area contributed by atoms with Crippen molar-refractivity contribution in [3.05, 3.63) is 93.5 Å². The topological polar surface area (TPSA) is 52.6 Å². The number of ketones is 1. The molecule has 3 aromatic carbocycles. The number of carbonyl (C=O) groups is 2. The Morgan fingerprint density at radius 3 is 2.32 bits per heavy atom. The van der Waals surface area contributed by atoms with E-state index in [-0.39, 0.29) is 12.4 Å². The molecule has 142 valence electrons. The molecule has 0 saturated carbocycles. The van der Waals surface area contributed by atoms with Crippen LogP contribution in [0.4, 0.5) is 0 Å². The van der Waals surface area contributed by atoms with Crippen molar-refractivity contribution in [3.8, 4) is 11.5 Å². The Balaban J connectivity index is 1.65. The number of hydrogen-bond acceptors (Lipinski definition) is 4. The van der Waals surface area contributed by atoms with E-state index in [1.165, 1.54) is 6.07 Å². The summed E-state index contributed by atoms with van der Waals surface area (Å²) in [6, 6.07) is 18.6. The summed E-state index contributed by atoms with van der Waals surface area (Å²) >= 11 is 11.9. The standard InChI is InChI=1S/C22H16Cl2O4/c1-14-11-16(22(26)15-5-3-2-4-6-15)7-10-19(14)28-21(25)13-27-20-12-17(23)8-9-18(20)24/h2-12H,13H2,1H3. The first-order valence-corrected chi connectivity index (χ1v) is 9.18. The second kappa shape index (κ2) is 8.91. The van der Waals surface area contributed by atoms with Crippen LogP contribution >= 0.6 is 23.2 Å². The molecule has 0 amide bonds. The highest BCUT2D eigenvalue weighted by molar-refractivity contribution is 6.34. The summed E-state index contributed by atoms with van der Waals surface area (Å²) in [6.45, 7) is 1.43. The van der Waals surface area contributed by atoms with Crippen molar-refractivity contribution in [1.82, 2.24) is 0 Å². The van der Waals surface area contributed by atoms with Crippen LogP contribution in [0, 0.1) is 6.92 Å². The molecule has 28 heavy (non-hydrogen) atoms. The van der Waals surface area contributed by atoms with Gasteiger partial charge in [-0.25, -0.2) is 4.79 Å². The van der Waals surface area contributed by atoms with Crippen molar-refractivity contribution in [2.75, 3.05) is 6.61 Å². The van der Waals surface area contributed by atoms with Gasteiger partial charge in [0.15, 0.2) is 12.4 Å². The van der Waals surface area contributed by atoms with Crippen molar-refractivity contribution in [2.24, 2.45) is 0 Å². The number of halogens is 2. The highest BCUT2D eigenvalue weighted by Crippen LogP contribution is 2.28. The molecule has 0 unspecified atom stereocenters. The molecule has 0 aliphatic rings. The summed E-state index contributed by atoms with van der Waals surface area (Å²) in [5.74, 6) is -0.0381. The maximum absolute atomic E-state index is 12.5. The largest absolute Gasteiger partial charge is 0.480 e. The molecule has 0 aromatic heterocycles. The molecule has 0 spiro atoms. The predicted molar refractivity (Wildman–Crippen MR) is 109 cm³/mol. The van der Waals surface area contributed by atoms with Crippen LogP contribution in [0.25, 0.3) is 0 Å². The summed E-state index contributed by atoms with van der Waals surface area (Å²) in [5.41, 5.74) is 1.78. The summed E-state index contributed by atoms with van der Waals surface area (Å²) < 4.78 is 10.7. The third-order valence-electron chi connectivity index (χ3n) is 3.94. The molecule has 0 aliphatic carbocycles. The van der Waals surface area contributed by atoms with Crippen LogP contribution in [0.2, 0.25) is 10.0 Å². The first-order valence-electron chi connectivity index (χ1n) is 8.43. The third kappa shape index (κ3) is 4.91. The van der Waals surface area contributed by atoms with E-state index in [0.29, 0.717) is 38.2 Å². The van der Waals surface area contributed by atoms with Gasteiger partial charge in [0, 0.05) is 22.2 Å². The Hall–Kier alpha value is -2.82. The van der Waals surface area contributed by atoms with Crippen LogP contribution in [-0.4, -0.2) is 18.4 Å². The molecule has 0 aliphatic heterocycles. The highest BCUT2D eigenvalue weighted by Gasteiger charge is 2.14. The average molecular weight is 415 g/mol. The fraction of sp³-hybridized carbons (Fsp3) is 0.0909. The monoisotopic (exact) mass is 414 g/mol. The van der Waals surface area contributed by atoms with Gasteiger partial charge in [-0.15, -0.1) is 0 Å². The van der Waals surface area contributed by atoms with Gasteiger partial charge in [0.05, 0.1) is 5.02 Å². The number of carbonyl (C=O) groups excluding carboxylic acids is 2. The van der Waals surface area contributed by atoms with Crippen molar-refractivity contribution >= 4 is 35.0 Å². The normalized spacial score (nSPS) is 10.4. The molecule has 0 saturated heterocycles. The highest BCUT2D eigenvalue weighted by atomic mass is 35.5. The Bertz CT molecular complexity index is 1020. The molecule has 6 heteroatoms. The van der Waals surface area contributed by atoms with E-state index in [4.69, 9.17) is 32.7 Å². The fourth-order valence-electron chi connectivity index (χ4n) is 2.54. The second-order valence-corrected chi connectivity index (χ2v) is 6.86. The second-order valence-electron chi connectivity index (χ2n) is 6.01. The van der Waals surface area contributed by atoms with Gasteiger partial charge >= 0.3 is 5.97 Å². The third-order valence-corrected chi connectivity index (χ3v) is 4.48. The van der Waals surface area contributed by atoms with Gasteiger partial charge in [0.1, 0.15) is 11.5 Å². The van der Waals surface area contributed by atoms with Crippen molar-refractivity contribution in [2.45, 2.75) is 6.92 Å². The number of rotatable bonds is 6. The molecule has 0 bridgehead atoms. The molecule has 0 radical (unpaired) electrons. The van der Waals surface area contributed by atoms with Gasteiger partial charge in [-0.3, -0.25) is 4.79 Å². The number of ether oxygens (including phenoxy) is 2. The molecule has 0 N–H and O–H groups in total. The van der Waals surface area contributed by atoms with Crippen molar-refractivity contribution < 1.29 is 19.1 Å². The quantitative estimate of drug-likeness (QED) is 0.302. The Morgan fingerprint density at radius 2 is 1.61 bits per heavy atom. The zero-order valence-corrected chi connectivity index (χ0v) is 16.5. The van der Waals surface area contributed by atoms with Crippen molar-refractivity contribution in [3.63, 3.8) is 0 Å².